The highest BCUT2D eigenvalue weighted by atomic mass is 35.5. The van der Waals surface area contributed by atoms with Crippen LogP contribution in [0.5, 0.6) is 0 Å². The van der Waals surface area contributed by atoms with Gasteiger partial charge in [0.15, 0.2) is 0 Å². The standard InChI is InChI=1S/C16H18ClN3S/c1-21-14-8-3-2-6-12(14)20-13-7-4-5-11(10-18)16(13)19-15(20)9-17/h4-5,7,12,14H,2-3,6,8-9H2,1H3. The first-order valence-electron chi connectivity index (χ1n) is 7.28. The van der Waals surface area contributed by atoms with E-state index in [1.165, 1.54) is 19.3 Å². The van der Waals surface area contributed by atoms with Gasteiger partial charge in [0.05, 0.1) is 17.0 Å². The van der Waals surface area contributed by atoms with Crippen LogP contribution in [0.4, 0.5) is 0 Å². The molecule has 0 aliphatic heterocycles. The van der Waals surface area contributed by atoms with Gasteiger partial charge in [-0.3, -0.25) is 0 Å². The molecule has 0 radical (unpaired) electrons. The molecule has 0 bridgehead atoms. The van der Waals surface area contributed by atoms with Gasteiger partial charge in [0.1, 0.15) is 17.4 Å². The molecule has 2 atom stereocenters. The molecule has 110 valence electrons. The zero-order valence-electron chi connectivity index (χ0n) is 12.1. The third-order valence-corrected chi connectivity index (χ3v) is 5.73. The first-order valence-corrected chi connectivity index (χ1v) is 9.11. The van der Waals surface area contributed by atoms with Crippen molar-refractivity contribution in [3.8, 4) is 6.07 Å². The smallest absolute Gasteiger partial charge is 0.125 e. The van der Waals surface area contributed by atoms with E-state index in [4.69, 9.17) is 11.6 Å². The Morgan fingerprint density at radius 3 is 2.95 bits per heavy atom. The third kappa shape index (κ3) is 2.54. The third-order valence-electron chi connectivity index (χ3n) is 4.34. The molecule has 1 aliphatic rings. The largest absolute Gasteiger partial charge is 0.323 e. The number of rotatable bonds is 3. The van der Waals surface area contributed by atoms with Gasteiger partial charge in [-0.25, -0.2) is 4.98 Å². The number of nitrogens with zero attached hydrogens (tertiary/aromatic N) is 3. The molecule has 0 saturated heterocycles. The molecule has 21 heavy (non-hydrogen) atoms. The highest BCUT2D eigenvalue weighted by molar-refractivity contribution is 7.99. The van der Waals surface area contributed by atoms with Gasteiger partial charge in [0.25, 0.3) is 0 Å². The number of nitriles is 1. The number of hydrogen-bond donors (Lipinski definition) is 0. The lowest BCUT2D eigenvalue weighted by Crippen LogP contribution is -2.26. The van der Waals surface area contributed by atoms with Crippen LogP contribution in [-0.2, 0) is 5.88 Å². The highest BCUT2D eigenvalue weighted by Crippen LogP contribution is 2.38. The SMILES string of the molecule is CSC1CCCCC1n1c(CCl)nc2c(C#N)cccc21. The van der Waals surface area contributed by atoms with Gasteiger partial charge in [-0.15, -0.1) is 11.6 Å². The molecule has 0 amide bonds. The molecule has 3 nitrogen and oxygen atoms in total. The molecule has 1 aromatic heterocycles. The molecule has 5 heteroatoms. The number of benzene rings is 1. The fourth-order valence-electron chi connectivity index (χ4n) is 3.37. The fourth-order valence-corrected chi connectivity index (χ4v) is 4.53. The minimum Gasteiger partial charge on any atom is -0.323 e. The van der Waals surface area contributed by atoms with Gasteiger partial charge < -0.3 is 4.57 Å². The Hall–Kier alpha value is -1.18. The van der Waals surface area contributed by atoms with E-state index in [0.717, 1.165) is 23.3 Å². The maximum atomic E-state index is 9.28. The van der Waals surface area contributed by atoms with E-state index in [-0.39, 0.29) is 0 Å². The van der Waals surface area contributed by atoms with Gasteiger partial charge in [-0.2, -0.15) is 17.0 Å². The molecular formula is C16H18ClN3S. The van der Waals surface area contributed by atoms with Crippen LogP contribution in [-0.4, -0.2) is 21.1 Å². The van der Waals surface area contributed by atoms with Gasteiger partial charge >= 0.3 is 0 Å². The lowest BCUT2D eigenvalue weighted by molar-refractivity contribution is 0.366. The molecule has 1 aromatic carbocycles. The second kappa shape index (κ2) is 6.29. The van der Waals surface area contributed by atoms with E-state index >= 15 is 0 Å². The second-order valence-electron chi connectivity index (χ2n) is 5.44. The van der Waals surface area contributed by atoms with Crippen molar-refractivity contribution in [1.82, 2.24) is 9.55 Å². The van der Waals surface area contributed by atoms with E-state index in [0.29, 0.717) is 22.7 Å². The fraction of sp³-hybridized carbons (Fsp3) is 0.500. The summed E-state index contributed by atoms with van der Waals surface area (Å²) in [5, 5.41) is 9.88. The van der Waals surface area contributed by atoms with Crippen molar-refractivity contribution >= 4 is 34.4 Å². The van der Waals surface area contributed by atoms with Crippen molar-refractivity contribution in [1.29, 1.82) is 5.26 Å². The van der Waals surface area contributed by atoms with Gasteiger partial charge in [-0.05, 0) is 31.2 Å². The predicted molar refractivity (Wildman–Crippen MR) is 88.8 cm³/mol. The maximum Gasteiger partial charge on any atom is 0.125 e. The van der Waals surface area contributed by atoms with Crippen molar-refractivity contribution in [2.75, 3.05) is 6.26 Å². The van der Waals surface area contributed by atoms with Crippen LogP contribution in [0.3, 0.4) is 0 Å². The monoisotopic (exact) mass is 319 g/mol. The number of hydrogen-bond acceptors (Lipinski definition) is 3. The Labute approximate surface area is 134 Å². The number of aromatic nitrogens is 2. The minimum absolute atomic E-state index is 0.386. The normalized spacial score (nSPS) is 22.3. The molecule has 2 aromatic rings. The second-order valence-corrected chi connectivity index (χ2v) is 6.79. The summed E-state index contributed by atoms with van der Waals surface area (Å²) in [6, 6.07) is 8.49. The molecular weight excluding hydrogens is 302 g/mol. The van der Waals surface area contributed by atoms with E-state index in [9.17, 15) is 5.26 Å². The zero-order chi connectivity index (χ0) is 14.8. The van der Waals surface area contributed by atoms with Crippen molar-refractivity contribution in [3.05, 3.63) is 29.6 Å². The topological polar surface area (TPSA) is 41.6 Å². The van der Waals surface area contributed by atoms with Crippen LogP contribution in [0.25, 0.3) is 11.0 Å². The molecule has 1 heterocycles. The average molecular weight is 320 g/mol. The highest BCUT2D eigenvalue weighted by Gasteiger charge is 2.29. The van der Waals surface area contributed by atoms with Crippen molar-refractivity contribution in [3.63, 3.8) is 0 Å². The molecule has 1 fully saturated rings. The molecule has 0 spiro atoms. The zero-order valence-corrected chi connectivity index (χ0v) is 13.6. The van der Waals surface area contributed by atoms with Crippen LogP contribution in [0.15, 0.2) is 18.2 Å². The summed E-state index contributed by atoms with van der Waals surface area (Å²) in [5.41, 5.74) is 2.48. The van der Waals surface area contributed by atoms with E-state index in [2.05, 4.69) is 27.9 Å². The van der Waals surface area contributed by atoms with Crippen molar-refractivity contribution in [2.24, 2.45) is 0 Å². The summed E-state index contributed by atoms with van der Waals surface area (Å²) in [4.78, 5) is 4.65. The Morgan fingerprint density at radius 2 is 2.24 bits per heavy atom. The Bertz CT molecular complexity index is 689. The van der Waals surface area contributed by atoms with Gasteiger partial charge in [0, 0.05) is 11.3 Å². The summed E-state index contributed by atoms with van der Waals surface area (Å²) >= 11 is 8.07. The predicted octanol–water partition coefficient (Wildman–Crippen LogP) is 4.49. The number of imidazole rings is 1. The summed E-state index contributed by atoms with van der Waals surface area (Å²) < 4.78 is 2.30. The first-order chi connectivity index (χ1) is 10.3. The summed E-state index contributed by atoms with van der Waals surface area (Å²) in [6.07, 6.45) is 7.14. The van der Waals surface area contributed by atoms with Crippen molar-refractivity contribution < 1.29 is 0 Å². The maximum absolute atomic E-state index is 9.28. The summed E-state index contributed by atoms with van der Waals surface area (Å²) in [6.45, 7) is 0. The summed E-state index contributed by atoms with van der Waals surface area (Å²) in [5.74, 6) is 1.28. The van der Waals surface area contributed by atoms with Crippen LogP contribution >= 0.6 is 23.4 Å². The lowest BCUT2D eigenvalue weighted by atomic mass is 9.94. The first kappa shape index (κ1) is 14.7. The lowest BCUT2D eigenvalue weighted by Gasteiger charge is -2.32. The van der Waals surface area contributed by atoms with Crippen LogP contribution in [0, 0.1) is 11.3 Å². The molecule has 1 aliphatic carbocycles. The Morgan fingerprint density at radius 1 is 1.43 bits per heavy atom. The van der Waals surface area contributed by atoms with Crippen LogP contribution < -0.4 is 0 Å². The number of para-hydroxylation sites is 1. The Kier molecular flexibility index (Phi) is 4.42. The quantitative estimate of drug-likeness (QED) is 0.782. The van der Waals surface area contributed by atoms with E-state index < -0.39 is 0 Å². The van der Waals surface area contributed by atoms with Crippen LogP contribution in [0.2, 0.25) is 0 Å². The molecule has 0 N–H and O–H groups in total. The van der Waals surface area contributed by atoms with Gasteiger partial charge in [0.2, 0.25) is 0 Å². The van der Waals surface area contributed by atoms with E-state index in [1.807, 2.05) is 23.9 Å². The summed E-state index contributed by atoms with van der Waals surface area (Å²) in [7, 11) is 0. The molecule has 1 saturated carbocycles. The average Bonchev–Trinajstić information content (AvgIpc) is 2.93. The van der Waals surface area contributed by atoms with Crippen molar-refractivity contribution in [2.45, 2.75) is 42.9 Å². The minimum atomic E-state index is 0.386. The number of halogens is 1. The van der Waals surface area contributed by atoms with E-state index in [1.54, 1.807) is 0 Å². The molecule has 3 rings (SSSR count). The molecule has 2 unspecified atom stereocenters. The number of fused-ring (bicyclic) bond motifs is 1. The van der Waals surface area contributed by atoms with Gasteiger partial charge in [-0.1, -0.05) is 18.9 Å². The number of thioether (sulfide) groups is 1. The van der Waals surface area contributed by atoms with Crippen LogP contribution in [0.1, 0.15) is 43.1 Å². The number of alkyl halides is 1. The Balaban J connectivity index is 2.18.